The molecule has 0 unspecified atom stereocenters. The highest BCUT2D eigenvalue weighted by molar-refractivity contribution is 7.90. The fraction of sp³-hybridized carbons (Fsp3) is 0.333. The number of sulfone groups is 1. The third-order valence-corrected chi connectivity index (χ3v) is 2.47. The minimum Gasteiger partial charge on any atom is -0.508 e. The van der Waals surface area contributed by atoms with E-state index in [1.807, 2.05) is 0 Å². The van der Waals surface area contributed by atoms with Gasteiger partial charge in [0, 0.05) is 6.26 Å². The molecule has 0 amide bonds. The van der Waals surface area contributed by atoms with E-state index in [4.69, 9.17) is 9.84 Å². The average Bonchev–Trinajstić information content (AvgIpc) is 2.06. The summed E-state index contributed by atoms with van der Waals surface area (Å²) in [4.78, 5) is 0. The highest BCUT2D eigenvalue weighted by atomic mass is 32.2. The smallest absolute Gasteiger partial charge is 0.150 e. The largest absolute Gasteiger partial charge is 0.508 e. The van der Waals surface area contributed by atoms with Gasteiger partial charge >= 0.3 is 0 Å². The first-order valence-corrected chi connectivity index (χ1v) is 6.13. The van der Waals surface area contributed by atoms with Gasteiger partial charge < -0.3 is 9.84 Å². The summed E-state index contributed by atoms with van der Waals surface area (Å²) < 4.78 is 26.7. The number of hydrogen-bond donors (Lipinski definition) is 1. The van der Waals surface area contributed by atoms with Gasteiger partial charge in [-0.05, 0) is 24.3 Å². The van der Waals surface area contributed by atoms with Crippen molar-refractivity contribution in [3.8, 4) is 11.5 Å². The third kappa shape index (κ3) is 4.13. The summed E-state index contributed by atoms with van der Waals surface area (Å²) in [6.07, 6.45) is 1.16. The molecule has 0 radical (unpaired) electrons. The van der Waals surface area contributed by atoms with Gasteiger partial charge in [-0.3, -0.25) is 0 Å². The van der Waals surface area contributed by atoms with E-state index < -0.39 is 9.84 Å². The second-order valence-corrected chi connectivity index (χ2v) is 5.23. The summed E-state index contributed by atoms with van der Waals surface area (Å²) in [6.45, 7) is 0.129. The Bertz CT molecular complexity index is 380. The van der Waals surface area contributed by atoms with Crippen molar-refractivity contribution >= 4 is 9.84 Å². The van der Waals surface area contributed by atoms with Crippen molar-refractivity contribution < 1.29 is 18.3 Å². The SMILES string of the molecule is CS(=O)(=O)CCOc1ccc(O)cc1. The quantitative estimate of drug-likeness (QED) is 0.809. The molecule has 0 fully saturated rings. The molecule has 0 aromatic heterocycles. The highest BCUT2D eigenvalue weighted by Gasteiger charge is 2.02. The minimum absolute atomic E-state index is 0.00607. The summed E-state index contributed by atoms with van der Waals surface area (Å²) in [5.74, 6) is 0.695. The van der Waals surface area contributed by atoms with E-state index >= 15 is 0 Å². The molecule has 0 atom stereocenters. The van der Waals surface area contributed by atoms with Crippen molar-refractivity contribution in [1.82, 2.24) is 0 Å². The molecular formula is C9H12O4S. The highest BCUT2D eigenvalue weighted by Crippen LogP contribution is 2.15. The predicted octanol–water partition coefficient (Wildman–Crippen LogP) is 0.816. The molecule has 0 bridgehead atoms. The molecule has 1 aromatic rings. The summed E-state index contributed by atoms with van der Waals surface area (Å²) in [7, 11) is -2.98. The minimum atomic E-state index is -2.98. The molecule has 14 heavy (non-hydrogen) atoms. The summed E-state index contributed by atoms with van der Waals surface area (Å²) >= 11 is 0. The normalized spacial score (nSPS) is 11.2. The van der Waals surface area contributed by atoms with E-state index in [2.05, 4.69) is 0 Å². The Morgan fingerprint density at radius 1 is 1.29 bits per heavy atom. The lowest BCUT2D eigenvalue weighted by Gasteiger charge is -2.04. The summed E-state index contributed by atoms with van der Waals surface area (Å²) in [5.41, 5.74) is 0. The molecule has 0 heterocycles. The molecule has 0 aliphatic carbocycles. The summed E-state index contributed by atoms with van der Waals surface area (Å²) in [5, 5.41) is 8.96. The zero-order chi connectivity index (χ0) is 10.6. The standard InChI is InChI=1S/C9H12O4S/c1-14(11,12)7-6-13-9-4-2-8(10)3-5-9/h2-5,10H,6-7H2,1H3. The van der Waals surface area contributed by atoms with Crippen LogP contribution < -0.4 is 4.74 Å². The van der Waals surface area contributed by atoms with Crippen LogP contribution in [0.1, 0.15) is 0 Å². The first-order chi connectivity index (χ1) is 6.47. The predicted molar refractivity (Wildman–Crippen MR) is 53.3 cm³/mol. The number of phenolic OH excluding ortho intramolecular Hbond substituents is 1. The van der Waals surface area contributed by atoms with E-state index in [1.54, 1.807) is 12.1 Å². The number of phenols is 1. The Labute approximate surface area is 83.1 Å². The maximum Gasteiger partial charge on any atom is 0.150 e. The number of aromatic hydroxyl groups is 1. The van der Waals surface area contributed by atoms with Crippen molar-refractivity contribution in [2.75, 3.05) is 18.6 Å². The van der Waals surface area contributed by atoms with Gasteiger partial charge in [0.05, 0.1) is 5.75 Å². The van der Waals surface area contributed by atoms with Crippen LogP contribution in [-0.2, 0) is 9.84 Å². The molecule has 1 N–H and O–H groups in total. The Morgan fingerprint density at radius 2 is 1.86 bits per heavy atom. The van der Waals surface area contributed by atoms with Gasteiger partial charge in [0.1, 0.15) is 18.1 Å². The van der Waals surface area contributed by atoms with Gasteiger partial charge in [-0.25, -0.2) is 8.42 Å². The second-order valence-electron chi connectivity index (χ2n) is 2.97. The maximum absolute atomic E-state index is 10.8. The lowest BCUT2D eigenvalue weighted by molar-refractivity contribution is 0.340. The van der Waals surface area contributed by atoms with E-state index in [-0.39, 0.29) is 18.1 Å². The molecule has 5 heteroatoms. The van der Waals surface area contributed by atoms with Crippen LogP contribution in [0.4, 0.5) is 0 Å². The van der Waals surface area contributed by atoms with E-state index in [1.165, 1.54) is 12.1 Å². The van der Waals surface area contributed by atoms with Gasteiger partial charge in [-0.15, -0.1) is 0 Å². The van der Waals surface area contributed by atoms with Crippen molar-refractivity contribution in [3.05, 3.63) is 24.3 Å². The molecule has 1 aromatic carbocycles. The lowest BCUT2D eigenvalue weighted by atomic mass is 10.3. The molecule has 0 spiro atoms. The maximum atomic E-state index is 10.8. The Hall–Kier alpha value is -1.23. The van der Waals surface area contributed by atoms with Crippen LogP contribution in [0.5, 0.6) is 11.5 Å². The van der Waals surface area contributed by atoms with Gasteiger partial charge in [-0.2, -0.15) is 0 Å². The van der Waals surface area contributed by atoms with E-state index in [9.17, 15) is 8.42 Å². The molecule has 1 rings (SSSR count). The average molecular weight is 216 g/mol. The molecule has 78 valence electrons. The van der Waals surface area contributed by atoms with Crippen LogP contribution in [0.3, 0.4) is 0 Å². The fourth-order valence-corrected chi connectivity index (χ4v) is 1.24. The lowest BCUT2D eigenvalue weighted by Crippen LogP contribution is -2.11. The van der Waals surface area contributed by atoms with Gasteiger partial charge in [0.15, 0.2) is 9.84 Å². The van der Waals surface area contributed by atoms with Crippen molar-refractivity contribution in [1.29, 1.82) is 0 Å². The third-order valence-electron chi connectivity index (χ3n) is 1.56. The van der Waals surface area contributed by atoms with E-state index in [0.29, 0.717) is 5.75 Å². The zero-order valence-corrected chi connectivity index (χ0v) is 8.62. The van der Waals surface area contributed by atoms with Crippen LogP contribution in [-0.4, -0.2) is 32.1 Å². The molecule has 4 nitrogen and oxygen atoms in total. The van der Waals surface area contributed by atoms with Crippen LogP contribution in [0.15, 0.2) is 24.3 Å². The Balaban J connectivity index is 2.43. The first kappa shape index (κ1) is 10.8. The van der Waals surface area contributed by atoms with Crippen LogP contribution in [0.25, 0.3) is 0 Å². The molecule has 0 aliphatic heterocycles. The summed E-state index contributed by atoms with van der Waals surface area (Å²) in [6, 6.07) is 6.13. The zero-order valence-electron chi connectivity index (χ0n) is 7.80. The van der Waals surface area contributed by atoms with Gasteiger partial charge in [-0.1, -0.05) is 0 Å². The Morgan fingerprint density at radius 3 is 2.36 bits per heavy atom. The fourth-order valence-electron chi connectivity index (χ4n) is 0.853. The van der Waals surface area contributed by atoms with E-state index in [0.717, 1.165) is 6.26 Å². The second kappa shape index (κ2) is 4.32. The van der Waals surface area contributed by atoms with Crippen LogP contribution >= 0.6 is 0 Å². The number of hydrogen-bond acceptors (Lipinski definition) is 4. The molecule has 0 aliphatic rings. The van der Waals surface area contributed by atoms with Gasteiger partial charge in [0.25, 0.3) is 0 Å². The number of ether oxygens (including phenoxy) is 1. The van der Waals surface area contributed by atoms with Crippen LogP contribution in [0, 0.1) is 0 Å². The molecule has 0 saturated carbocycles. The first-order valence-electron chi connectivity index (χ1n) is 4.07. The van der Waals surface area contributed by atoms with Gasteiger partial charge in [0.2, 0.25) is 0 Å². The topological polar surface area (TPSA) is 63.6 Å². The molecule has 0 saturated heterocycles. The molecular weight excluding hydrogens is 204 g/mol. The van der Waals surface area contributed by atoms with Crippen molar-refractivity contribution in [3.63, 3.8) is 0 Å². The number of rotatable bonds is 4. The van der Waals surface area contributed by atoms with Crippen molar-refractivity contribution in [2.45, 2.75) is 0 Å². The Kier molecular flexibility index (Phi) is 3.35. The number of benzene rings is 1. The monoisotopic (exact) mass is 216 g/mol. The van der Waals surface area contributed by atoms with Crippen molar-refractivity contribution in [2.24, 2.45) is 0 Å². The van der Waals surface area contributed by atoms with Crippen LogP contribution in [0.2, 0.25) is 0 Å².